The average molecular weight is 2130 g/mol. The van der Waals surface area contributed by atoms with Crippen LogP contribution in [0.3, 0.4) is 0 Å². The first-order chi connectivity index (χ1) is 69.1. The molecule has 0 amide bonds. The zero-order valence-electron chi connectivity index (χ0n) is 72.0. The third-order valence-corrected chi connectivity index (χ3v) is 28.5. The Morgan fingerprint density at radius 3 is 0.574 bits per heavy atom. The van der Waals surface area contributed by atoms with Crippen LogP contribution in [-0.2, 0) is 77.9 Å². The molecule has 740 valence electrons. The largest absolute Gasteiger partial charge is 0.525 e. The Morgan fingerprint density at radius 2 is 0.432 bits per heavy atom. The molecular weight excluding hydrogens is 2100 g/mol. The zero-order chi connectivity index (χ0) is 110. The lowest BCUT2D eigenvalue weighted by Crippen LogP contribution is -2.27. The van der Waals surface area contributed by atoms with Gasteiger partial charge in [0.15, 0.2) is 19.7 Å². The van der Waals surface area contributed by atoms with Gasteiger partial charge in [-0.25, -0.2) is 95.1 Å². The lowest BCUT2D eigenvalue weighted by Gasteiger charge is -2.18. The quantitative estimate of drug-likeness (QED) is 0.0360. The Labute approximate surface area is 810 Å². The van der Waals surface area contributed by atoms with Crippen LogP contribution in [0.5, 0.6) is 0 Å². The summed E-state index contributed by atoms with van der Waals surface area (Å²) >= 11 is 0. The van der Waals surface area contributed by atoms with Crippen LogP contribution in [0.4, 0.5) is 117 Å². The molecule has 9 aromatic carbocycles. The van der Waals surface area contributed by atoms with Gasteiger partial charge in [0.05, 0.1) is 26.6 Å². The summed E-state index contributed by atoms with van der Waals surface area (Å²) in [5, 5.41) is 74.9. The zero-order valence-corrected chi connectivity index (χ0v) is 75.3. The predicted octanol–water partition coefficient (Wildman–Crippen LogP) is 17.9. The Hall–Kier alpha value is -18.6. The number of nitriles is 6. The highest BCUT2D eigenvalue weighted by atomic mass is 32.2. The van der Waals surface area contributed by atoms with E-state index in [1.807, 2.05) is 0 Å². The van der Waals surface area contributed by atoms with Crippen LogP contribution in [0.15, 0.2) is 160 Å². The third-order valence-electron chi connectivity index (χ3n) is 23.2. The van der Waals surface area contributed by atoms with Crippen LogP contribution in [0.25, 0.3) is 131 Å². The highest BCUT2D eigenvalue weighted by Gasteiger charge is 2.53. The number of alkyl halides is 6. The summed E-state index contributed by atoms with van der Waals surface area (Å²) < 4.78 is 456. The molecule has 0 aromatic heterocycles. The SMILES string of the molecule is [C-]#[N+]C([N+]#[C-])=C1Cc2c(-c3cc(F)c(S(=O)(=O)C(F)(F)F)c(F)c3)c3c(c(-c4cc(F)c(S(=O)(=O)C(F)(F)F)c(F)c4)c2=C1F)CC(=C(C#N)C#N)C=3F.[C-]#[N+]C([N+]#[C-])=C1Cc2c(-c3cc(F)c(S(C)(=O)=O)c(F)c3)c3c(c(-c4cc(F)c(S(C)(=O)=O)c(F)c4)c2=C1F)CC(=C(C#N)C#N)C=3F.[C-]#[N+]C([N+]#[C-])=C1Cc2c(-c3cc(F)c([N+](=O)[O-])c(F)c3)c3c(c(-c4cc(F)c([N+](=O)[O-])c(F)c4)c2=C1F)CC(=C(C#N)C#N)C=3F. The number of allylic oxidation sites excluding steroid dienone is 9. The number of fused-ring (bicyclic) bond motifs is 6. The minimum atomic E-state index is -6.74. The fourth-order valence-corrected chi connectivity index (χ4v) is 20.9. The van der Waals surface area contributed by atoms with E-state index in [1.54, 1.807) is 0 Å². The van der Waals surface area contributed by atoms with Gasteiger partial charge in [0.25, 0.3) is 19.7 Å². The summed E-state index contributed by atoms with van der Waals surface area (Å²) in [7, 11) is -22.4. The molecule has 0 unspecified atom stereocenters. The molecule has 0 fully saturated rings. The Bertz CT molecular complexity index is 8910. The van der Waals surface area contributed by atoms with Crippen molar-refractivity contribution in [3.8, 4) is 103 Å². The highest BCUT2D eigenvalue weighted by molar-refractivity contribution is 7.92. The van der Waals surface area contributed by atoms with Gasteiger partial charge in [-0.2, -0.15) is 105 Å². The predicted molar refractivity (Wildman–Crippen MR) is 460 cm³/mol. The molecule has 148 heavy (non-hydrogen) atoms. The summed E-state index contributed by atoms with van der Waals surface area (Å²) in [5.41, 5.74) is -33.7. The standard InChI is InChI=1S/C32H8F12N4O4S2.C32H14F6N4O4S2.C30H8F6N6O4/c1-47-30(48-2)17-8-16-23(12-5-20(35)29(21(36)6-12)54(51,52)32(42,43)44)24-15(7-14(26(24)37)13(9-45)10-46)22(25(16)27(17)38)11-3-18(33)28(19(34)4-11)53(49,50)31(39,40)41;1-41-32(42-2)19-10-18-25(14-7-22(35)31(23(36)8-14)48(4,45)46)26-17(9-16(28(26)37)15(11-39)12-40)24(27(18)29(19)38)13-5-20(33)30(21(34)6-13)47(3,43)44;1-39-30(40-2)17-8-16-23(12-5-20(33)29(42(45)46)21(34)6-12)24-15(7-14(26(24)35)13(9-37)10-38)22(25(16)27(17)36)11-3-18(31)28(41(43)44)19(32)4-11/h3-6H,7-8H2;5-8H,9-10H2,3-4H3;3-6H,7-8H2. The average Bonchev–Trinajstić information content (AvgIpc) is 1.55. The maximum absolute atomic E-state index is 16.5. The van der Waals surface area contributed by atoms with Gasteiger partial charge in [-0.15, -0.1) is 0 Å². The molecule has 6 aliphatic rings. The molecule has 0 heterocycles. The van der Waals surface area contributed by atoms with Gasteiger partial charge in [-0.1, -0.05) is 0 Å². The number of nitrogens with zero attached hydrogens (tertiary/aromatic N) is 14. The molecule has 0 radical (unpaired) electrons. The lowest BCUT2D eigenvalue weighted by atomic mass is 9.87. The monoisotopic (exact) mass is 2130 g/mol. The molecule has 0 saturated carbocycles. The van der Waals surface area contributed by atoms with Crippen molar-refractivity contribution < 1.29 is 149 Å². The van der Waals surface area contributed by atoms with Crippen molar-refractivity contribution in [3.63, 3.8) is 0 Å². The van der Waals surface area contributed by atoms with Gasteiger partial charge in [0.1, 0.15) is 194 Å². The molecule has 0 bridgehead atoms. The molecule has 26 nitrogen and oxygen atoms in total. The van der Waals surface area contributed by atoms with Crippen LogP contribution in [-0.4, -0.2) is 67.0 Å². The van der Waals surface area contributed by atoms with E-state index in [9.17, 15) is 129 Å². The van der Waals surface area contributed by atoms with Crippen molar-refractivity contribution in [3.05, 3.63) is 364 Å². The van der Waals surface area contributed by atoms with Crippen molar-refractivity contribution in [2.75, 3.05) is 12.5 Å². The van der Waals surface area contributed by atoms with E-state index in [4.69, 9.17) is 39.4 Å². The number of hydrogen-bond acceptors (Lipinski definition) is 18. The first kappa shape index (κ1) is 107. The Kier molecular flexibility index (Phi) is 27.6. The molecule has 0 spiro atoms. The van der Waals surface area contributed by atoms with Crippen molar-refractivity contribution in [1.82, 2.24) is 0 Å². The van der Waals surface area contributed by atoms with Gasteiger partial charge in [-0.3, -0.25) is 20.2 Å². The van der Waals surface area contributed by atoms with Crippen molar-refractivity contribution in [1.29, 1.82) is 31.6 Å². The second kappa shape index (κ2) is 38.3. The molecule has 54 heteroatoms. The second-order valence-electron chi connectivity index (χ2n) is 31.2. The van der Waals surface area contributed by atoms with Gasteiger partial charge in [-0.05, 0) is 173 Å². The second-order valence-corrected chi connectivity index (χ2v) is 38.9. The number of benzene rings is 9. The minimum absolute atomic E-state index is 0.0534. The van der Waals surface area contributed by atoms with E-state index in [-0.39, 0.29) is 46.5 Å². The van der Waals surface area contributed by atoms with E-state index >= 15 is 61.5 Å². The smallest absolute Gasteiger partial charge is 0.258 e. The van der Waals surface area contributed by atoms with Crippen molar-refractivity contribution in [2.45, 2.75) is 69.1 Å². The number of sulfone groups is 4. The minimum Gasteiger partial charge on any atom is -0.258 e. The van der Waals surface area contributed by atoms with E-state index in [0.29, 0.717) is 61.0 Å². The maximum atomic E-state index is 16.5. The van der Waals surface area contributed by atoms with E-state index in [1.165, 1.54) is 36.4 Å². The van der Waals surface area contributed by atoms with E-state index in [0.717, 1.165) is 0 Å². The summed E-state index contributed by atoms with van der Waals surface area (Å²) in [6.07, 6.45) is -3.96. The molecular formula is C94H30F24N14O12S4. The number of halogens is 24. The fourth-order valence-electron chi connectivity index (χ4n) is 17.5. The topological polar surface area (TPSA) is 392 Å². The third kappa shape index (κ3) is 17.3. The molecule has 0 N–H and O–H groups in total. The van der Waals surface area contributed by atoms with Crippen molar-refractivity contribution in [2.24, 2.45) is 0 Å². The van der Waals surface area contributed by atoms with Crippen LogP contribution >= 0.6 is 0 Å². The van der Waals surface area contributed by atoms with E-state index in [2.05, 4.69) is 29.1 Å². The number of hydrogen-bond donors (Lipinski definition) is 0. The van der Waals surface area contributed by atoms with Crippen LogP contribution < -0.4 is 31.3 Å². The van der Waals surface area contributed by atoms with E-state index < -0.39 is 411 Å². The molecule has 6 aliphatic carbocycles. The lowest BCUT2D eigenvalue weighted by molar-refractivity contribution is -0.390. The summed E-state index contributed by atoms with van der Waals surface area (Å²) in [4.78, 5) is 29.6. The fraction of sp³-hybridized carbons (Fsp3) is 0.106. The van der Waals surface area contributed by atoms with Crippen LogP contribution in [0, 0.1) is 197 Å². The molecule has 15 rings (SSSR count). The van der Waals surface area contributed by atoms with Gasteiger partial charge < -0.3 is 0 Å². The number of nitro benzene ring substituents is 2. The van der Waals surface area contributed by atoms with Gasteiger partial charge >= 0.3 is 39.9 Å². The Morgan fingerprint density at radius 1 is 0.284 bits per heavy atom. The number of nitro groups is 2. The summed E-state index contributed by atoms with van der Waals surface area (Å²) in [6, 6.07) is 12.2. The first-order valence-electron chi connectivity index (χ1n) is 39.3. The molecule has 0 saturated heterocycles. The van der Waals surface area contributed by atoms with Crippen LogP contribution in [0.2, 0.25) is 0 Å². The summed E-state index contributed by atoms with van der Waals surface area (Å²) in [6.45, 7) is 43.8. The maximum Gasteiger partial charge on any atom is 0.525 e. The highest BCUT2D eigenvalue weighted by Crippen LogP contribution is 2.49. The van der Waals surface area contributed by atoms with Gasteiger partial charge in [0.2, 0.25) is 23.3 Å². The van der Waals surface area contributed by atoms with Crippen LogP contribution in [0.1, 0.15) is 33.4 Å². The number of rotatable bonds is 12. The first-order valence-corrected chi connectivity index (χ1v) is 46.0. The van der Waals surface area contributed by atoms with Gasteiger partial charge in [0, 0.05) is 99.1 Å². The normalized spacial score (nSPS) is 13.7. The molecule has 9 aromatic rings. The summed E-state index contributed by atoms with van der Waals surface area (Å²) in [5.74, 6) is -34.4. The van der Waals surface area contributed by atoms with Crippen molar-refractivity contribution >= 4 is 85.7 Å². The molecule has 0 atom stereocenters. The Balaban J connectivity index is 0.000000186. The molecule has 0 aliphatic heterocycles.